The van der Waals surface area contributed by atoms with Gasteiger partial charge in [0.15, 0.2) is 0 Å². The summed E-state index contributed by atoms with van der Waals surface area (Å²) < 4.78 is 27.6. The van der Waals surface area contributed by atoms with Gasteiger partial charge in [0.1, 0.15) is 0 Å². The molecule has 1 aliphatic heterocycles. The molecule has 1 N–H and O–H groups in total. The average molecular weight is 347 g/mol. The molecular weight excluding hydrogens is 328 g/mol. The summed E-state index contributed by atoms with van der Waals surface area (Å²) in [6.45, 7) is 5.33. The van der Waals surface area contributed by atoms with Crippen LogP contribution in [0.25, 0.3) is 0 Å². The van der Waals surface area contributed by atoms with Crippen LogP contribution >= 0.6 is 15.9 Å². The average Bonchev–Trinajstić information content (AvgIpc) is 2.81. The zero-order valence-electron chi connectivity index (χ0n) is 11.0. The second-order valence-electron chi connectivity index (χ2n) is 4.88. The Morgan fingerprint density at radius 2 is 2.00 bits per heavy atom. The van der Waals surface area contributed by atoms with Gasteiger partial charge in [0.05, 0.1) is 4.90 Å². The van der Waals surface area contributed by atoms with Gasteiger partial charge >= 0.3 is 0 Å². The van der Waals surface area contributed by atoms with Crippen molar-refractivity contribution < 1.29 is 8.42 Å². The minimum atomic E-state index is -3.42. The van der Waals surface area contributed by atoms with Crippen molar-refractivity contribution in [1.82, 2.24) is 9.62 Å². The molecule has 1 saturated heterocycles. The summed E-state index contributed by atoms with van der Waals surface area (Å²) in [5.74, 6) is 0. The Balaban J connectivity index is 1.97. The largest absolute Gasteiger partial charge is 0.302 e. The van der Waals surface area contributed by atoms with Crippen LogP contribution < -0.4 is 4.72 Å². The molecule has 0 radical (unpaired) electrons. The molecule has 0 aromatic heterocycles. The molecule has 0 aliphatic carbocycles. The zero-order valence-corrected chi connectivity index (χ0v) is 13.4. The van der Waals surface area contributed by atoms with E-state index in [4.69, 9.17) is 0 Å². The van der Waals surface area contributed by atoms with Crippen LogP contribution in [0.2, 0.25) is 0 Å². The number of sulfonamides is 1. The molecule has 0 amide bonds. The van der Waals surface area contributed by atoms with Crippen molar-refractivity contribution in [3.63, 3.8) is 0 Å². The van der Waals surface area contributed by atoms with Gasteiger partial charge in [-0.2, -0.15) is 0 Å². The first-order chi connectivity index (χ1) is 8.99. The van der Waals surface area contributed by atoms with Gasteiger partial charge in [-0.15, -0.1) is 0 Å². The van der Waals surface area contributed by atoms with Gasteiger partial charge in [0.25, 0.3) is 0 Å². The van der Waals surface area contributed by atoms with Crippen molar-refractivity contribution in [2.45, 2.75) is 24.7 Å². The normalized spacial score (nSPS) is 16.9. The number of nitrogens with zero attached hydrogens (tertiary/aromatic N) is 1. The molecular formula is C13H19BrN2O2S. The lowest BCUT2D eigenvalue weighted by Crippen LogP contribution is -2.33. The molecule has 19 heavy (non-hydrogen) atoms. The highest BCUT2D eigenvalue weighted by atomic mass is 79.9. The van der Waals surface area contributed by atoms with E-state index in [1.807, 2.05) is 13.0 Å². The number of likely N-dealkylation sites (tertiary alicyclic amines) is 1. The summed E-state index contributed by atoms with van der Waals surface area (Å²) in [7, 11) is -3.42. The summed E-state index contributed by atoms with van der Waals surface area (Å²) in [5.41, 5.74) is 1.03. The van der Waals surface area contributed by atoms with Crippen LogP contribution in [0.1, 0.15) is 18.4 Å². The van der Waals surface area contributed by atoms with Crippen molar-refractivity contribution in [3.05, 3.63) is 28.2 Å². The van der Waals surface area contributed by atoms with E-state index in [-0.39, 0.29) is 0 Å². The van der Waals surface area contributed by atoms with E-state index >= 15 is 0 Å². The maximum Gasteiger partial charge on any atom is 0.241 e. The third-order valence-electron chi connectivity index (χ3n) is 3.30. The van der Waals surface area contributed by atoms with Crippen molar-refractivity contribution in [2.24, 2.45) is 0 Å². The van der Waals surface area contributed by atoms with Crippen LogP contribution in [0.4, 0.5) is 0 Å². The summed E-state index contributed by atoms with van der Waals surface area (Å²) in [6.07, 6.45) is 2.44. The highest BCUT2D eigenvalue weighted by molar-refractivity contribution is 9.10. The predicted molar refractivity (Wildman–Crippen MR) is 79.7 cm³/mol. The minimum absolute atomic E-state index is 0.305. The zero-order chi connectivity index (χ0) is 13.9. The number of nitrogens with one attached hydrogen (secondary N) is 1. The number of benzene rings is 1. The Hall–Kier alpha value is -0.430. The van der Waals surface area contributed by atoms with E-state index in [1.54, 1.807) is 12.1 Å². The Morgan fingerprint density at radius 3 is 2.63 bits per heavy atom. The highest BCUT2D eigenvalue weighted by Crippen LogP contribution is 2.22. The molecule has 4 nitrogen and oxygen atoms in total. The second kappa shape index (κ2) is 6.35. The van der Waals surface area contributed by atoms with Gasteiger partial charge in [-0.05, 0) is 66.5 Å². The number of hydrogen-bond acceptors (Lipinski definition) is 3. The van der Waals surface area contributed by atoms with Crippen LogP contribution in [-0.4, -0.2) is 39.5 Å². The SMILES string of the molecule is Cc1ccc(S(=O)(=O)NCCN2CCCC2)c(Br)c1. The van der Waals surface area contributed by atoms with Crippen LogP contribution in [0.5, 0.6) is 0 Å². The van der Waals surface area contributed by atoms with Gasteiger partial charge in [-0.25, -0.2) is 13.1 Å². The van der Waals surface area contributed by atoms with Gasteiger partial charge in [-0.1, -0.05) is 6.07 Å². The molecule has 1 aliphatic rings. The molecule has 2 rings (SSSR count). The lowest BCUT2D eigenvalue weighted by Gasteiger charge is -2.15. The van der Waals surface area contributed by atoms with Gasteiger partial charge in [0.2, 0.25) is 10.0 Å². The van der Waals surface area contributed by atoms with E-state index in [2.05, 4.69) is 25.6 Å². The molecule has 1 fully saturated rings. The smallest absolute Gasteiger partial charge is 0.241 e. The molecule has 0 spiro atoms. The van der Waals surface area contributed by atoms with Gasteiger partial charge in [0, 0.05) is 17.6 Å². The number of aryl methyl sites for hydroxylation is 1. The van der Waals surface area contributed by atoms with Gasteiger partial charge in [-0.3, -0.25) is 0 Å². The summed E-state index contributed by atoms with van der Waals surface area (Å²) in [5, 5.41) is 0. The fourth-order valence-corrected chi connectivity index (χ4v) is 4.46. The summed E-state index contributed by atoms with van der Waals surface area (Å²) >= 11 is 3.31. The first kappa shape index (κ1) is 15.0. The van der Waals surface area contributed by atoms with E-state index < -0.39 is 10.0 Å². The Labute approximate surface area is 123 Å². The number of hydrogen-bond donors (Lipinski definition) is 1. The molecule has 1 aromatic rings. The molecule has 1 heterocycles. The monoisotopic (exact) mass is 346 g/mol. The van der Waals surface area contributed by atoms with Crippen LogP contribution in [0.15, 0.2) is 27.6 Å². The van der Waals surface area contributed by atoms with E-state index in [1.165, 1.54) is 12.8 Å². The lowest BCUT2D eigenvalue weighted by molar-refractivity contribution is 0.344. The topological polar surface area (TPSA) is 49.4 Å². The molecule has 0 saturated carbocycles. The summed E-state index contributed by atoms with van der Waals surface area (Å²) in [6, 6.07) is 5.26. The molecule has 0 unspecified atom stereocenters. The van der Waals surface area contributed by atoms with E-state index in [0.717, 1.165) is 25.2 Å². The van der Waals surface area contributed by atoms with Gasteiger partial charge < -0.3 is 4.90 Å². The van der Waals surface area contributed by atoms with Crippen molar-refractivity contribution >= 4 is 26.0 Å². The number of rotatable bonds is 5. The molecule has 0 bridgehead atoms. The molecule has 6 heteroatoms. The molecule has 106 valence electrons. The fraction of sp³-hybridized carbons (Fsp3) is 0.538. The maximum atomic E-state index is 12.2. The molecule has 1 aromatic carbocycles. The summed E-state index contributed by atoms with van der Waals surface area (Å²) in [4.78, 5) is 2.59. The fourth-order valence-electron chi connectivity index (χ4n) is 2.25. The Bertz CT molecular complexity index is 540. The quantitative estimate of drug-likeness (QED) is 0.888. The minimum Gasteiger partial charge on any atom is -0.302 e. The predicted octanol–water partition coefficient (Wildman–Crippen LogP) is 2.13. The van der Waals surface area contributed by atoms with Crippen LogP contribution in [0.3, 0.4) is 0 Å². The lowest BCUT2D eigenvalue weighted by atomic mass is 10.2. The van der Waals surface area contributed by atoms with Crippen LogP contribution in [0, 0.1) is 6.92 Å². The first-order valence-electron chi connectivity index (χ1n) is 6.47. The van der Waals surface area contributed by atoms with E-state index in [9.17, 15) is 8.42 Å². The van der Waals surface area contributed by atoms with Crippen molar-refractivity contribution in [2.75, 3.05) is 26.2 Å². The number of halogens is 1. The Morgan fingerprint density at radius 1 is 1.32 bits per heavy atom. The highest BCUT2D eigenvalue weighted by Gasteiger charge is 2.18. The maximum absolute atomic E-state index is 12.2. The standard InChI is InChI=1S/C13H19BrN2O2S/c1-11-4-5-13(12(14)10-11)19(17,18)15-6-9-16-7-2-3-8-16/h4-5,10,15H,2-3,6-9H2,1H3. The third kappa shape index (κ3) is 4.02. The first-order valence-corrected chi connectivity index (χ1v) is 8.75. The molecule has 0 atom stereocenters. The van der Waals surface area contributed by atoms with Crippen molar-refractivity contribution in [3.8, 4) is 0 Å². The van der Waals surface area contributed by atoms with Crippen LogP contribution in [-0.2, 0) is 10.0 Å². The second-order valence-corrected chi connectivity index (χ2v) is 7.47. The Kier molecular flexibility index (Phi) is 5.00. The van der Waals surface area contributed by atoms with Crippen molar-refractivity contribution in [1.29, 1.82) is 0 Å². The van der Waals surface area contributed by atoms with E-state index in [0.29, 0.717) is 15.9 Å². The third-order valence-corrected chi connectivity index (χ3v) is 5.73.